The predicted octanol–water partition coefficient (Wildman–Crippen LogP) is 4.16. The van der Waals surface area contributed by atoms with Gasteiger partial charge >= 0.3 is 0 Å². The summed E-state index contributed by atoms with van der Waals surface area (Å²) < 4.78 is 1.71. The number of hydrogen-bond acceptors (Lipinski definition) is 3. The Balaban J connectivity index is 2.04. The molecule has 1 heterocycles. The molecule has 1 N–H and O–H groups in total. The van der Waals surface area contributed by atoms with Crippen LogP contribution in [0.5, 0.6) is 0 Å². The molecule has 3 aromatic rings. The summed E-state index contributed by atoms with van der Waals surface area (Å²) in [5, 5.41) is 3.25. The molecule has 0 bridgehead atoms. The number of nitrogens with zero attached hydrogens (tertiary/aromatic N) is 2. The quantitative estimate of drug-likeness (QED) is 0.768. The summed E-state index contributed by atoms with van der Waals surface area (Å²) in [7, 11) is 0. The van der Waals surface area contributed by atoms with Crippen LogP contribution in [0.4, 0.5) is 11.6 Å². The second-order valence-electron chi connectivity index (χ2n) is 6.06. The zero-order chi connectivity index (χ0) is 16.9. The van der Waals surface area contributed by atoms with Crippen LogP contribution < -0.4 is 10.9 Å². The van der Waals surface area contributed by atoms with E-state index in [1.165, 1.54) is 0 Å². The van der Waals surface area contributed by atoms with Crippen molar-refractivity contribution in [2.45, 2.75) is 26.3 Å². The van der Waals surface area contributed by atoms with Gasteiger partial charge in [-0.05, 0) is 23.6 Å². The van der Waals surface area contributed by atoms with Crippen LogP contribution in [0.2, 0.25) is 0 Å². The van der Waals surface area contributed by atoms with E-state index in [1.807, 2.05) is 74.5 Å². The topological polar surface area (TPSA) is 46.9 Å². The summed E-state index contributed by atoms with van der Waals surface area (Å²) in [5.74, 6) is 0.692. The molecule has 1 aromatic heterocycles. The average Bonchev–Trinajstić information content (AvgIpc) is 2.59. The van der Waals surface area contributed by atoms with E-state index in [4.69, 9.17) is 0 Å². The largest absolute Gasteiger partial charge is 0.326 e. The molecule has 0 fully saturated rings. The Bertz CT molecular complexity index is 855. The van der Waals surface area contributed by atoms with E-state index < -0.39 is 0 Å². The van der Waals surface area contributed by atoms with Crippen molar-refractivity contribution in [3.63, 3.8) is 0 Å². The number of nitrogens with one attached hydrogen (secondary N) is 1. The third kappa shape index (κ3) is 3.54. The van der Waals surface area contributed by atoms with Gasteiger partial charge in [0.2, 0.25) is 5.95 Å². The van der Waals surface area contributed by atoms with Crippen LogP contribution in [0.15, 0.2) is 71.7 Å². The number of rotatable bonds is 5. The van der Waals surface area contributed by atoms with Crippen molar-refractivity contribution in [2.75, 3.05) is 5.32 Å². The van der Waals surface area contributed by atoms with Gasteiger partial charge in [0.25, 0.3) is 5.56 Å². The van der Waals surface area contributed by atoms with Gasteiger partial charge in [-0.25, -0.2) is 4.98 Å². The van der Waals surface area contributed by atoms with Gasteiger partial charge in [-0.2, -0.15) is 0 Å². The molecule has 0 aliphatic heterocycles. The molecule has 0 atom stereocenters. The van der Waals surface area contributed by atoms with Crippen LogP contribution in [0.1, 0.15) is 30.9 Å². The zero-order valence-electron chi connectivity index (χ0n) is 13.9. The maximum Gasteiger partial charge on any atom is 0.258 e. The first-order chi connectivity index (χ1) is 11.6. The van der Waals surface area contributed by atoms with Gasteiger partial charge in [0.1, 0.15) is 0 Å². The predicted molar refractivity (Wildman–Crippen MR) is 97.9 cm³/mol. The van der Waals surface area contributed by atoms with Crippen molar-refractivity contribution in [3.8, 4) is 0 Å². The third-order valence-corrected chi connectivity index (χ3v) is 3.91. The fourth-order valence-electron chi connectivity index (χ4n) is 2.57. The van der Waals surface area contributed by atoms with E-state index in [2.05, 4.69) is 10.3 Å². The summed E-state index contributed by atoms with van der Waals surface area (Å²) in [6, 6.07) is 19.7. The first kappa shape index (κ1) is 16.0. The summed E-state index contributed by atoms with van der Waals surface area (Å²) in [6.45, 7) is 4.51. The van der Waals surface area contributed by atoms with E-state index in [9.17, 15) is 4.79 Å². The summed E-state index contributed by atoms with van der Waals surface area (Å²) in [5.41, 5.74) is 2.70. The van der Waals surface area contributed by atoms with Crippen molar-refractivity contribution in [2.24, 2.45) is 0 Å². The smallest absolute Gasteiger partial charge is 0.258 e. The Morgan fingerprint density at radius 1 is 1.00 bits per heavy atom. The molecular formula is C20H21N3O. The molecule has 0 unspecified atom stereocenters. The van der Waals surface area contributed by atoms with Crippen LogP contribution in [0.3, 0.4) is 0 Å². The molecule has 4 nitrogen and oxygen atoms in total. The Morgan fingerprint density at radius 2 is 1.62 bits per heavy atom. The minimum atomic E-state index is 0.00211. The highest BCUT2D eigenvalue weighted by Gasteiger charge is 2.13. The van der Waals surface area contributed by atoms with Crippen molar-refractivity contribution in [1.29, 1.82) is 0 Å². The second kappa shape index (κ2) is 7.13. The lowest BCUT2D eigenvalue weighted by Gasteiger charge is -2.16. The molecule has 24 heavy (non-hydrogen) atoms. The number of hydrogen-bond donors (Lipinski definition) is 1. The molecule has 4 heteroatoms. The van der Waals surface area contributed by atoms with Crippen LogP contribution in [0.25, 0.3) is 0 Å². The van der Waals surface area contributed by atoms with Crippen LogP contribution >= 0.6 is 0 Å². The SMILES string of the molecule is CC(C)c1cnc(Nc2ccccc2)n(Cc2ccccc2)c1=O. The van der Waals surface area contributed by atoms with Crippen molar-refractivity contribution >= 4 is 11.6 Å². The van der Waals surface area contributed by atoms with Gasteiger partial charge in [-0.15, -0.1) is 0 Å². The van der Waals surface area contributed by atoms with Crippen LogP contribution in [-0.4, -0.2) is 9.55 Å². The molecule has 122 valence electrons. The average molecular weight is 319 g/mol. The first-order valence-electron chi connectivity index (χ1n) is 8.11. The van der Waals surface area contributed by atoms with Gasteiger partial charge < -0.3 is 5.32 Å². The third-order valence-electron chi connectivity index (χ3n) is 3.91. The summed E-state index contributed by atoms with van der Waals surface area (Å²) in [6.07, 6.45) is 1.68. The Kier molecular flexibility index (Phi) is 4.75. The molecule has 0 amide bonds. The fraction of sp³-hybridized carbons (Fsp3) is 0.200. The second-order valence-corrected chi connectivity index (χ2v) is 6.06. The number of benzene rings is 2. The molecule has 0 aliphatic rings. The number of anilines is 2. The Labute approximate surface area is 141 Å². The lowest BCUT2D eigenvalue weighted by atomic mass is 10.1. The van der Waals surface area contributed by atoms with Crippen molar-refractivity contribution in [1.82, 2.24) is 9.55 Å². The lowest BCUT2D eigenvalue weighted by molar-refractivity contribution is 0.711. The minimum absolute atomic E-state index is 0.00211. The minimum Gasteiger partial charge on any atom is -0.326 e. The van der Waals surface area contributed by atoms with E-state index in [0.29, 0.717) is 12.5 Å². The van der Waals surface area contributed by atoms with E-state index in [1.54, 1.807) is 10.8 Å². The van der Waals surface area contributed by atoms with E-state index in [-0.39, 0.29) is 11.5 Å². The highest BCUT2D eigenvalue weighted by molar-refractivity contribution is 5.53. The standard InChI is InChI=1S/C20H21N3O/c1-15(2)18-13-21-20(22-17-11-7-4-8-12-17)23(19(18)24)14-16-9-5-3-6-10-16/h3-13,15H,14H2,1-2H3,(H,21,22). The molecule has 0 saturated carbocycles. The molecule has 2 aromatic carbocycles. The Morgan fingerprint density at radius 3 is 2.25 bits per heavy atom. The normalized spacial score (nSPS) is 10.8. The van der Waals surface area contributed by atoms with Crippen LogP contribution in [0, 0.1) is 0 Å². The molecule has 0 spiro atoms. The maximum absolute atomic E-state index is 12.9. The van der Waals surface area contributed by atoms with E-state index >= 15 is 0 Å². The summed E-state index contributed by atoms with van der Waals surface area (Å²) >= 11 is 0. The van der Waals surface area contributed by atoms with E-state index in [0.717, 1.165) is 16.8 Å². The lowest BCUT2D eigenvalue weighted by Crippen LogP contribution is -2.28. The Hall–Kier alpha value is -2.88. The molecule has 0 aliphatic carbocycles. The fourth-order valence-corrected chi connectivity index (χ4v) is 2.57. The molecule has 0 saturated heterocycles. The van der Waals surface area contributed by atoms with Gasteiger partial charge in [0.15, 0.2) is 0 Å². The van der Waals surface area contributed by atoms with Crippen molar-refractivity contribution in [3.05, 3.63) is 88.3 Å². The highest BCUT2D eigenvalue weighted by Crippen LogP contribution is 2.16. The number of para-hydroxylation sites is 1. The van der Waals surface area contributed by atoms with Gasteiger partial charge in [0, 0.05) is 17.4 Å². The van der Waals surface area contributed by atoms with Crippen molar-refractivity contribution < 1.29 is 0 Å². The van der Waals surface area contributed by atoms with Gasteiger partial charge in [0.05, 0.1) is 6.54 Å². The first-order valence-corrected chi connectivity index (χ1v) is 8.11. The molecule has 0 radical (unpaired) electrons. The molecular weight excluding hydrogens is 298 g/mol. The summed E-state index contributed by atoms with van der Waals surface area (Å²) in [4.78, 5) is 17.4. The zero-order valence-corrected chi connectivity index (χ0v) is 13.9. The highest BCUT2D eigenvalue weighted by atomic mass is 16.1. The monoisotopic (exact) mass is 319 g/mol. The van der Waals surface area contributed by atoms with Crippen LogP contribution in [-0.2, 0) is 6.54 Å². The van der Waals surface area contributed by atoms with Gasteiger partial charge in [-0.3, -0.25) is 9.36 Å². The number of aromatic nitrogens is 2. The van der Waals surface area contributed by atoms with Gasteiger partial charge in [-0.1, -0.05) is 62.4 Å². The molecule has 3 rings (SSSR count). The maximum atomic E-state index is 12.9.